The monoisotopic (exact) mass is 349 g/mol. The van der Waals surface area contributed by atoms with Gasteiger partial charge in [-0.3, -0.25) is 4.79 Å². The Kier molecular flexibility index (Phi) is 4.94. The molecule has 2 rings (SSSR count). The Morgan fingerprint density at radius 1 is 1.14 bits per heavy atom. The third-order valence-corrected chi connectivity index (χ3v) is 3.08. The maximum Gasteiger partial charge on any atom is 0.339 e. The second-order valence-corrected chi connectivity index (χ2v) is 5.06. The first-order chi connectivity index (χ1) is 10.1. The van der Waals surface area contributed by atoms with E-state index in [4.69, 9.17) is 9.84 Å². The van der Waals surface area contributed by atoms with Gasteiger partial charge in [0.1, 0.15) is 11.3 Å². The quantitative estimate of drug-likeness (QED) is 0.869. The zero-order valence-corrected chi connectivity index (χ0v) is 12.5. The molecule has 2 aromatic carbocycles. The van der Waals surface area contributed by atoms with E-state index in [-0.39, 0.29) is 23.8 Å². The van der Waals surface area contributed by atoms with Gasteiger partial charge in [-0.25, -0.2) is 4.79 Å². The van der Waals surface area contributed by atoms with Crippen molar-refractivity contribution in [3.8, 4) is 5.75 Å². The molecule has 0 fully saturated rings. The summed E-state index contributed by atoms with van der Waals surface area (Å²) in [5.41, 5.74) is 0.657. The van der Waals surface area contributed by atoms with Gasteiger partial charge in [0.15, 0.2) is 6.61 Å². The van der Waals surface area contributed by atoms with Crippen LogP contribution in [0.25, 0.3) is 0 Å². The van der Waals surface area contributed by atoms with Crippen LogP contribution in [0.1, 0.15) is 10.4 Å². The molecule has 0 aromatic heterocycles. The van der Waals surface area contributed by atoms with Crippen molar-refractivity contribution in [3.63, 3.8) is 0 Å². The molecule has 0 heterocycles. The number of hydrogen-bond acceptors (Lipinski definition) is 3. The standard InChI is InChI=1S/C15H12BrNO4/c16-10-6-7-12(15(19)20)13(8-10)21-9-14(18)17-11-4-2-1-3-5-11/h1-8H,9H2,(H,17,18)(H,19,20). The van der Waals surface area contributed by atoms with E-state index in [0.29, 0.717) is 10.2 Å². The zero-order valence-electron chi connectivity index (χ0n) is 10.9. The van der Waals surface area contributed by atoms with Crippen LogP contribution in [-0.2, 0) is 4.79 Å². The van der Waals surface area contributed by atoms with Gasteiger partial charge in [0.05, 0.1) is 0 Å². The molecule has 108 valence electrons. The molecule has 0 unspecified atom stereocenters. The highest BCUT2D eigenvalue weighted by Crippen LogP contribution is 2.23. The Hall–Kier alpha value is -2.34. The normalized spacial score (nSPS) is 9.95. The summed E-state index contributed by atoms with van der Waals surface area (Å²) in [6, 6.07) is 13.5. The Bertz CT molecular complexity index is 658. The molecule has 0 aliphatic carbocycles. The smallest absolute Gasteiger partial charge is 0.339 e. The fourth-order valence-corrected chi connectivity index (χ4v) is 1.99. The highest BCUT2D eigenvalue weighted by molar-refractivity contribution is 9.10. The molecule has 5 nitrogen and oxygen atoms in total. The lowest BCUT2D eigenvalue weighted by Gasteiger charge is -2.10. The van der Waals surface area contributed by atoms with E-state index in [1.165, 1.54) is 12.1 Å². The van der Waals surface area contributed by atoms with E-state index >= 15 is 0 Å². The van der Waals surface area contributed by atoms with Crippen LogP contribution in [0.3, 0.4) is 0 Å². The van der Waals surface area contributed by atoms with Crippen molar-refractivity contribution in [2.45, 2.75) is 0 Å². The zero-order chi connectivity index (χ0) is 15.2. The Labute approximate surface area is 129 Å². The fraction of sp³-hybridized carbons (Fsp3) is 0.0667. The number of amides is 1. The number of ether oxygens (including phenoxy) is 1. The van der Waals surface area contributed by atoms with Gasteiger partial charge in [-0.1, -0.05) is 34.1 Å². The maximum atomic E-state index is 11.8. The highest BCUT2D eigenvalue weighted by atomic mass is 79.9. The lowest BCUT2D eigenvalue weighted by atomic mass is 10.2. The maximum absolute atomic E-state index is 11.8. The first kappa shape index (κ1) is 15.1. The van der Waals surface area contributed by atoms with Gasteiger partial charge >= 0.3 is 5.97 Å². The molecule has 2 N–H and O–H groups in total. The number of carbonyl (C=O) groups is 2. The van der Waals surface area contributed by atoms with Crippen molar-refractivity contribution in [2.24, 2.45) is 0 Å². The number of rotatable bonds is 5. The molecule has 0 bridgehead atoms. The molecular formula is C15H12BrNO4. The summed E-state index contributed by atoms with van der Waals surface area (Å²) in [6.07, 6.45) is 0. The van der Waals surface area contributed by atoms with Gasteiger partial charge in [0, 0.05) is 10.2 Å². The number of anilines is 1. The third-order valence-electron chi connectivity index (χ3n) is 2.59. The molecule has 0 atom stereocenters. The van der Waals surface area contributed by atoms with E-state index in [9.17, 15) is 9.59 Å². The van der Waals surface area contributed by atoms with Crippen molar-refractivity contribution in [2.75, 3.05) is 11.9 Å². The van der Waals surface area contributed by atoms with Crippen LogP contribution in [-0.4, -0.2) is 23.6 Å². The number of nitrogens with one attached hydrogen (secondary N) is 1. The number of aromatic carboxylic acids is 1. The molecule has 0 aliphatic heterocycles. The highest BCUT2D eigenvalue weighted by Gasteiger charge is 2.13. The SMILES string of the molecule is O=C(COc1cc(Br)ccc1C(=O)O)Nc1ccccc1. The molecule has 6 heteroatoms. The predicted octanol–water partition coefficient (Wildman–Crippen LogP) is 3.16. The van der Waals surface area contributed by atoms with Crippen molar-refractivity contribution in [1.29, 1.82) is 0 Å². The molecule has 21 heavy (non-hydrogen) atoms. The number of carboxylic acids is 1. The first-order valence-corrected chi connectivity index (χ1v) is 6.86. The van der Waals surface area contributed by atoms with E-state index in [0.717, 1.165) is 0 Å². The topological polar surface area (TPSA) is 75.6 Å². The van der Waals surface area contributed by atoms with Gasteiger partial charge in [-0.15, -0.1) is 0 Å². The van der Waals surface area contributed by atoms with Crippen molar-refractivity contribution in [1.82, 2.24) is 0 Å². The second-order valence-electron chi connectivity index (χ2n) is 4.15. The largest absolute Gasteiger partial charge is 0.483 e. The summed E-state index contributed by atoms with van der Waals surface area (Å²) < 4.78 is 5.96. The van der Waals surface area contributed by atoms with Crippen LogP contribution in [0, 0.1) is 0 Å². The van der Waals surface area contributed by atoms with E-state index in [2.05, 4.69) is 21.2 Å². The summed E-state index contributed by atoms with van der Waals surface area (Å²) >= 11 is 3.23. The summed E-state index contributed by atoms with van der Waals surface area (Å²) in [7, 11) is 0. The number of benzene rings is 2. The molecular weight excluding hydrogens is 338 g/mol. The van der Waals surface area contributed by atoms with Gasteiger partial charge in [0.25, 0.3) is 5.91 Å². The average molecular weight is 350 g/mol. The van der Waals surface area contributed by atoms with Crippen LogP contribution in [0.4, 0.5) is 5.69 Å². The summed E-state index contributed by atoms with van der Waals surface area (Å²) in [4.78, 5) is 22.8. The predicted molar refractivity (Wildman–Crippen MR) is 81.7 cm³/mol. The van der Waals surface area contributed by atoms with Crippen LogP contribution >= 0.6 is 15.9 Å². The van der Waals surface area contributed by atoms with Gasteiger partial charge in [-0.05, 0) is 30.3 Å². The number of halogens is 1. The number of carboxylic acid groups (broad SMARTS) is 1. The molecule has 0 radical (unpaired) electrons. The van der Waals surface area contributed by atoms with Crippen LogP contribution < -0.4 is 10.1 Å². The molecule has 0 aliphatic rings. The lowest BCUT2D eigenvalue weighted by molar-refractivity contribution is -0.118. The van der Waals surface area contributed by atoms with Crippen LogP contribution in [0.15, 0.2) is 53.0 Å². The number of hydrogen-bond donors (Lipinski definition) is 2. The van der Waals surface area contributed by atoms with Crippen molar-refractivity contribution in [3.05, 3.63) is 58.6 Å². The number of carbonyl (C=O) groups excluding carboxylic acids is 1. The van der Waals surface area contributed by atoms with Gasteiger partial charge in [-0.2, -0.15) is 0 Å². The van der Waals surface area contributed by atoms with E-state index in [1.807, 2.05) is 6.07 Å². The molecule has 0 saturated heterocycles. The third kappa shape index (κ3) is 4.32. The summed E-state index contributed by atoms with van der Waals surface area (Å²) in [5, 5.41) is 11.7. The van der Waals surface area contributed by atoms with E-state index in [1.54, 1.807) is 30.3 Å². The van der Waals surface area contributed by atoms with Gasteiger partial charge < -0.3 is 15.2 Å². The minimum atomic E-state index is -1.11. The average Bonchev–Trinajstić information content (AvgIpc) is 2.46. The number of para-hydroxylation sites is 1. The summed E-state index contributed by atoms with van der Waals surface area (Å²) in [5.74, 6) is -1.33. The first-order valence-electron chi connectivity index (χ1n) is 6.07. The van der Waals surface area contributed by atoms with E-state index < -0.39 is 5.97 Å². The minimum Gasteiger partial charge on any atom is -0.483 e. The molecule has 0 saturated carbocycles. The van der Waals surface area contributed by atoms with Crippen LogP contribution in [0.2, 0.25) is 0 Å². The molecule has 0 spiro atoms. The second kappa shape index (κ2) is 6.90. The minimum absolute atomic E-state index is 0.00529. The summed E-state index contributed by atoms with van der Waals surface area (Å²) in [6.45, 7) is -0.272. The molecule has 1 amide bonds. The molecule has 2 aromatic rings. The van der Waals surface area contributed by atoms with Crippen molar-refractivity contribution >= 4 is 33.5 Å². The lowest BCUT2D eigenvalue weighted by Crippen LogP contribution is -2.20. The van der Waals surface area contributed by atoms with Crippen molar-refractivity contribution < 1.29 is 19.4 Å². The Balaban J connectivity index is 2.01. The Morgan fingerprint density at radius 2 is 1.86 bits per heavy atom. The fourth-order valence-electron chi connectivity index (χ4n) is 1.65. The Morgan fingerprint density at radius 3 is 2.52 bits per heavy atom. The van der Waals surface area contributed by atoms with Crippen LogP contribution in [0.5, 0.6) is 5.75 Å². The van der Waals surface area contributed by atoms with Gasteiger partial charge in [0.2, 0.25) is 0 Å².